The lowest BCUT2D eigenvalue weighted by Gasteiger charge is -2.10. The molecular formula is C16H16BrNO3S. The summed E-state index contributed by atoms with van der Waals surface area (Å²) in [6, 6.07) is 11.3. The van der Waals surface area contributed by atoms with Crippen molar-refractivity contribution in [2.45, 2.75) is 0 Å². The summed E-state index contributed by atoms with van der Waals surface area (Å²) < 4.78 is 11.8. The number of thiophene rings is 1. The van der Waals surface area contributed by atoms with Crippen LogP contribution in [0.3, 0.4) is 0 Å². The molecule has 1 aromatic carbocycles. The van der Waals surface area contributed by atoms with Crippen molar-refractivity contribution in [1.29, 1.82) is 0 Å². The Bertz CT molecular complexity index is 654. The fourth-order valence-electron chi connectivity index (χ4n) is 1.71. The molecule has 6 heteroatoms. The largest absolute Gasteiger partial charge is 0.493 e. The molecule has 0 aliphatic heterocycles. The molecule has 0 aliphatic carbocycles. The Kier molecular flexibility index (Phi) is 6.48. The molecule has 4 nitrogen and oxygen atoms in total. The highest BCUT2D eigenvalue weighted by Crippen LogP contribution is 2.25. The summed E-state index contributed by atoms with van der Waals surface area (Å²) in [4.78, 5) is 12.7. The number of carbonyl (C=O) groups is 1. The van der Waals surface area contributed by atoms with Gasteiger partial charge in [0.05, 0.1) is 17.4 Å². The van der Waals surface area contributed by atoms with Crippen LogP contribution in [0.5, 0.6) is 11.5 Å². The van der Waals surface area contributed by atoms with E-state index >= 15 is 0 Å². The van der Waals surface area contributed by atoms with E-state index in [0.29, 0.717) is 24.7 Å². The Balaban J connectivity index is 1.72. The average molecular weight is 382 g/mol. The van der Waals surface area contributed by atoms with E-state index in [1.165, 1.54) is 6.08 Å². The van der Waals surface area contributed by atoms with Crippen molar-refractivity contribution in [3.63, 3.8) is 0 Å². The Morgan fingerprint density at radius 3 is 2.73 bits per heavy atom. The molecule has 0 atom stereocenters. The molecule has 116 valence electrons. The normalized spacial score (nSPS) is 10.6. The smallest absolute Gasteiger partial charge is 0.244 e. The topological polar surface area (TPSA) is 47.6 Å². The summed E-state index contributed by atoms with van der Waals surface area (Å²) in [5, 5.41) is 2.77. The van der Waals surface area contributed by atoms with Gasteiger partial charge in [-0.15, -0.1) is 11.3 Å². The lowest BCUT2D eigenvalue weighted by atomic mass is 10.3. The Morgan fingerprint density at radius 1 is 1.27 bits per heavy atom. The maximum Gasteiger partial charge on any atom is 0.244 e. The first-order valence-corrected chi connectivity index (χ1v) is 8.27. The number of hydrogen-bond acceptors (Lipinski definition) is 4. The number of benzene rings is 1. The van der Waals surface area contributed by atoms with Crippen LogP contribution in [-0.2, 0) is 4.79 Å². The number of nitrogens with one attached hydrogen (secondary N) is 1. The van der Waals surface area contributed by atoms with E-state index in [1.54, 1.807) is 24.5 Å². The van der Waals surface area contributed by atoms with Crippen LogP contribution in [0, 0.1) is 0 Å². The third-order valence-electron chi connectivity index (χ3n) is 2.72. The van der Waals surface area contributed by atoms with Crippen molar-refractivity contribution in [3.05, 3.63) is 51.1 Å². The van der Waals surface area contributed by atoms with Crippen molar-refractivity contribution >= 4 is 39.2 Å². The highest BCUT2D eigenvalue weighted by atomic mass is 79.9. The number of halogens is 1. The molecule has 22 heavy (non-hydrogen) atoms. The summed E-state index contributed by atoms with van der Waals surface area (Å²) in [6.07, 6.45) is 3.30. The fraction of sp³-hybridized carbons (Fsp3) is 0.188. The minimum Gasteiger partial charge on any atom is -0.493 e. The van der Waals surface area contributed by atoms with Crippen LogP contribution in [0.2, 0.25) is 0 Å². The molecule has 0 bridgehead atoms. The first kappa shape index (κ1) is 16.6. The summed E-state index contributed by atoms with van der Waals surface area (Å²) in [5.74, 6) is 1.20. The Hall–Kier alpha value is -1.79. The van der Waals surface area contributed by atoms with Crippen molar-refractivity contribution in [2.24, 2.45) is 0 Å². The number of hydrogen-bond donors (Lipinski definition) is 1. The second-order valence-electron chi connectivity index (χ2n) is 4.27. The lowest BCUT2D eigenvalue weighted by molar-refractivity contribution is -0.116. The highest BCUT2D eigenvalue weighted by Gasteiger charge is 2.02. The van der Waals surface area contributed by atoms with E-state index in [2.05, 4.69) is 21.2 Å². The molecular weight excluding hydrogens is 366 g/mol. The van der Waals surface area contributed by atoms with Crippen LogP contribution in [0.25, 0.3) is 6.08 Å². The van der Waals surface area contributed by atoms with Gasteiger partial charge in [0, 0.05) is 11.0 Å². The van der Waals surface area contributed by atoms with Gasteiger partial charge in [0.25, 0.3) is 0 Å². The summed E-state index contributed by atoms with van der Waals surface area (Å²) in [5.41, 5.74) is 0. The second-order valence-corrected chi connectivity index (χ2v) is 6.76. The third kappa shape index (κ3) is 5.20. The highest BCUT2D eigenvalue weighted by molar-refractivity contribution is 9.11. The minimum absolute atomic E-state index is 0.145. The van der Waals surface area contributed by atoms with Crippen molar-refractivity contribution in [2.75, 3.05) is 20.3 Å². The molecule has 2 rings (SSSR count). The molecule has 0 aliphatic rings. The van der Waals surface area contributed by atoms with Crippen LogP contribution < -0.4 is 14.8 Å². The monoisotopic (exact) mass is 381 g/mol. The second kappa shape index (κ2) is 8.60. The van der Waals surface area contributed by atoms with E-state index < -0.39 is 0 Å². The Labute approximate surface area is 141 Å². The van der Waals surface area contributed by atoms with Crippen LogP contribution in [-0.4, -0.2) is 26.2 Å². The zero-order valence-corrected chi connectivity index (χ0v) is 14.4. The molecule has 0 saturated carbocycles. The van der Waals surface area contributed by atoms with Crippen molar-refractivity contribution in [1.82, 2.24) is 5.32 Å². The third-order valence-corrected chi connectivity index (χ3v) is 4.31. The van der Waals surface area contributed by atoms with Crippen LogP contribution in [0.1, 0.15) is 4.88 Å². The maximum absolute atomic E-state index is 11.7. The van der Waals surface area contributed by atoms with Crippen molar-refractivity contribution < 1.29 is 14.3 Å². The number of para-hydroxylation sites is 2. The molecule has 1 heterocycles. The van der Waals surface area contributed by atoms with Crippen LogP contribution in [0.4, 0.5) is 0 Å². The minimum atomic E-state index is -0.145. The van der Waals surface area contributed by atoms with E-state index in [-0.39, 0.29) is 5.91 Å². The van der Waals surface area contributed by atoms with Crippen LogP contribution in [0.15, 0.2) is 46.3 Å². The van der Waals surface area contributed by atoms with Gasteiger partial charge in [0.1, 0.15) is 6.61 Å². The molecule has 0 fully saturated rings. The molecule has 0 saturated heterocycles. The molecule has 1 aromatic heterocycles. The average Bonchev–Trinajstić information content (AvgIpc) is 2.95. The Morgan fingerprint density at radius 2 is 2.05 bits per heavy atom. The number of carbonyl (C=O) groups excluding carboxylic acids is 1. The quantitative estimate of drug-likeness (QED) is 0.587. The number of ether oxygens (including phenoxy) is 2. The van der Waals surface area contributed by atoms with Crippen LogP contribution >= 0.6 is 27.3 Å². The zero-order valence-electron chi connectivity index (χ0n) is 12.0. The van der Waals surface area contributed by atoms with Gasteiger partial charge >= 0.3 is 0 Å². The van der Waals surface area contributed by atoms with Gasteiger partial charge in [-0.2, -0.15) is 0 Å². The zero-order chi connectivity index (χ0) is 15.8. The van der Waals surface area contributed by atoms with Gasteiger partial charge in [0.15, 0.2) is 11.5 Å². The first-order valence-electron chi connectivity index (χ1n) is 6.66. The van der Waals surface area contributed by atoms with E-state index in [4.69, 9.17) is 9.47 Å². The van der Waals surface area contributed by atoms with E-state index in [9.17, 15) is 4.79 Å². The number of amides is 1. The summed E-state index contributed by atoms with van der Waals surface area (Å²) >= 11 is 4.95. The predicted molar refractivity (Wildman–Crippen MR) is 92.6 cm³/mol. The SMILES string of the molecule is COc1ccccc1OCCNC(=O)/C=C/c1ccc(Br)s1. The van der Waals surface area contributed by atoms with E-state index in [0.717, 1.165) is 8.66 Å². The predicted octanol–water partition coefficient (Wildman–Crippen LogP) is 3.73. The van der Waals surface area contributed by atoms with Gasteiger partial charge in [-0.05, 0) is 46.3 Å². The van der Waals surface area contributed by atoms with Gasteiger partial charge in [0.2, 0.25) is 5.91 Å². The summed E-state index contributed by atoms with van der Waals surface area (Å²) in [7, 11) is 1.59. The van der Waals surface area contributed by atoms with Gasteiger partial charge in [-0.1, -0.05) is 12.1 Å². The molecule has 2 aromatic rings. The lowest BCUT2D eigenvalue weighted by Crippen LogP contribution is -2.26. The number of methoxy groups -OCH3 is 1. The molecule has 0 unspecified atom stereocenters. The molecule has 0 spiro atoms. The van der Waals surface area contributed by atoms with E-state index in [1.807, 2.05) is 36.4 Å². The molecule has 1 amide bonds. The molecule has 0 radical (unpaired) electrons. The van der Waals surface area contributed by atoms with Crippen molar-refractivity contribution in [3.8, 4) is 11.5 Å². The van der Waals surface area contributed by atoms with Gasteiger partial charge in [-0.25, -0.2) is 0 Å². The first-order chi connectivity index (χ1) is 10.7. The molecule has 1 N–H and O–H groups in total. The number of rotatable bonds is 7. The maximum atomic E-state index is 11.7. The van der Waals surface area contributed by atoms with Gasteiger partial charge < -0.3 is 14.8 Å². The fourth-order valence-corrected chi connectivity index (χ4v) is 3.03. The summed E-state index contributed by atoms with van der Waals surface area (Å²) in [6.45, 7) is 0.805. The van der Waals surface area contributed by atoms with Gasteiger partial charge in [-0.3, -0.25) is 4.79 Å². The standard InChI is InChI=1S/C16H16BrNO3S/c1-20-13-4-2-3-5-14(13)21-11-10-18-16(19)9-7-12-6-8-15(17)22-12/h2-9H,10-11H2,1H3,(H,18,19)/b9-7+.